The van der Waals surface area contributed by atoms with Crippen LogP contribution in [0, 0.1) is 11.8 Å². The molecule has 1 aromatic heterocycles. The first kappa shape index (κ1) is 21.4. The van der Waals surface area contributed by atoms with Crippen molar-refractivity contribution < 1.29 is 14.3 Å². The minimum absolute atomic E-state index is 0. The minimum atomic E-state index is -0.139. The van der Waals surface area contributed by atoms with Crippen LogP contribution in [0.5, 0.6) is 11.5 Å². The van der Waals surface area contributed by atoms with Crippen molar-refractivity contribution in [1.82, 2.24) is 19.8 Å². The van der Waals surface area contributed by atoms with Gasteiger partial charge in [-0.05, 0) is 24.3 Å². The van der Waals surface area contributed by atoms with Gasteiger partial charge in [-0.1, -0.05) is 0 Å². The molecule has 2 aliphatic rings. The topological polar surface area (TPSA) is 85.7 Å². The van der Waals surface area contributed by atoms with Crippen LogP contribution in [0.1, 0.15) is 12.8 Å². The summed E-state index contributed by atoms with van der Waals surface area (Å²) in [5, 5.41) is 3.86. The molecule has 8 nitrogen and oxygen atoms in total. The van der Waals surface area contributed by atoms with Crippen molar-refractivity contribution in [2.75, 3.05) is 40.4 Å². The molecule has 2 aromatic rings. The molecule has 2 saturated heterocycles. The molecule has 0 bridgehead atoms. The summed E-state index contributed by atoms with van der Waals surface area (Å²) < 4.78 is 12.1. The summed E-state index contributed by atoms with van der Waals surface area (Å²) in [6.07, 6.45) is 2.60. The fourth-order valence-electron chi connectivity index (χ4n) is 4.26. The van der Waals surface area contributed by atoms with E-state index in [-0.39, 0.29) is 23.9 Å². The molecular formula is C20H27ClN4O4. The maximum absolute atomic E-state index is 12.8. The molecule has 0 unspecified atom stereocenters. The van der Waals surface area contributed by atoms with Crippen LogP contribution in [0.15, 0.2) is 23.3 Å². The van der Waals surface area contributed by atoms with Gasteiger partial charge in [-0.2, -0.15) is 0 Å². The highest BCUT2D eigenvalue weighted by molar-refractivity contribution is 5.85. The van der Waals surface area contributed by atoms with Crippen LogP contribution in [-0.4, -0.2) is 60.8 Å². The molecule has 2 aliphatic heterocycles. The SMILES string of the molecule is COc1cc2ncn(CCCC(=O)N3C[C@H]4CNC[C@H]4C3)c(=O)c2cc1OC.Cl. The Bertz CT molecular complexity index is 936. The predicted octanol–water partition coefficient (Wildman–Crippen LogP) is 1.29. The first-order valence-corrected chi connectivity index (χ1v) is 9.70. The normalized spacial score (nSPS) is 20.4. The van der Waals surface area contributed by atoms with Crippen molar-refractivity contribution in [3.8, 4) is 11.5 Å². The number of hydrogen-bond acceptors (Lipinski definition) is 6. The van der Waals surface area contributed by atoms with Gasteiger partial charge in [0.05, 0.1) is 31.4 Å². The Labute approximate surface area is 175 Å². The van der Waals surface area contributed by atoms with Crippen LogP contribution in [0.4, 0.5) is 0 Å². The number of hydrogen-bond donors (Lipinski definition) is 1. The van der Waals surface area contributed by atoms with Crippen molar-refractivity contribution in [3.63, 3.8) is 0 Å². The lowest BCUT2D eigenvalue weighted by Crippen LogP contribution is -2.32. The van der Waals surface area contributed by atoms with E-state index in [2.05, 4.69) is 10.3 Å². The second kappa shape index (κ2) is 9.00. The van der Waals surface area contributed by atoms with E-state index >= 15 is 0 Å². The van der Waals surface area contributed by atoms with Crippen molar-refractivity contribution in [3.05, 3.63) is 28.8 Å². The lowest BCUT2D eigenvalue weighted by atomic mass is 10.0. The highest BCUT2D eigenvalue weighted by Crippen LogP contribution is 2.30. The van der Waals surface area contributed by atoms with Crippen LogP contribution in [0.25, 0.3) is 10.9 Å². The fraction of sp³-hybridized carbons (Fsp3) is 0.550. The zero-order chi connectivity index (χ0) is 19.7. The first-order valence-electron chi connectivity index (χ1n) is 9.70. The van der Waals surface area contributed by atoms with E-state index in [1.165, 1.54) is 13.4 Å². The largest absolute Gasteiger partial charge is 0.493 e. The van der Waals surface area contributed by atoms with Crippen molar-refractivity contribution in [2.24, 2.45) is 11.8 Å². The van der Waals surface area contributed by atoms with Gasteiger partial charge in [-0.15, -0.1) is 12.4 Å². The number of ether oxygens (including phenoxy) is 2. The maximum Gasteiger partial charge on any atom is 0.261 e. The molecule has 0 saturated carbocycles. The molecule has 1 aromatic carbocycles. The summed E-state index contributed by atoms with van der Waals surface area (Å²) >= 11 is 0. The number of methoxy groups -OCH3 is 2. The highest BCUT2D eigenvalue weighted by Gasteiger charge is 2.37. The van der Waals surface area contributed by atoms with Crippen molar-refractivity contribution >= 4 is 29.2 Å². The number of carbonyl (C=O) groups excluding carboxylic acids is 1. The van der Waals surface area contributed by atoms with Crippen LogP contribution in [-0.2, 0) is 11.3 Å². The zero-order valence-corrected chi connectivity index (χ0v) is 17.5. The fourth-order valence-corrected chi connectivity index (χ4v) is 4.26. The smallest absolute Gasteiger partial charge is 0.261 e. The summed E-state index contributed by atoms with van der Waals surface area (Å²) in [6, 6.07) is 3.35. The van der Waals surface area contributed by atoms with E-state index in [4.69, 9.17) is 9.47 Å². The molecule has 1 amide bonds. The Morgan fingerprint density at radius 1 is 1.17 bits per heavy atom. The Morgan fingerprint density at radius 2 is 1.83 bits per heavy atom. The summed E-state index contributed by atoms with van der Waals surface area (Å²) in [6.45, 7) is 4.21. The number of fused-ring (bicyclic) bond motifs is 2. The third-order valence-electron chi connectivity index (χ3n) is 5.86. The summed E-state index contributed by atoms with van der Waals surface area (Å²) in [4.78, 5) is 31.6. The van der Waals surface area contributed by atoms with E-state index in [1.807, 2.05) is 4.90 Å². The van der Waals surface area contributed by atoms with Crippen LogP contribution >= 0.6 is 12.4 Å². The van der Waals surface area contributed by atoms with Gasteiger partial charge in [0.1, 0.15) is 0 Å². The van der Waals surface area contributed by atoms with Gasteiger partial charge in [0.2, 0.25) is 5.91 Å². The molecule has 29 heavy (non-hydrogen) atoms. The van der Waals surface area contributed by atoms with Crippen molar-refractivity contribution in [1.29, 1.82) is 0 Å². The van der Waals surface area contributed by atoms with Crippen molar-refractivity contribution in [2.45, 2.75) is 19.4 Å². The Hall–Kier alpha value is -2.32. The number of likely N-dealkylation sites (tertiary alicyclic amines) is 1. The number of nitrogens with zero attached hydrogens (tertiary/aromatic N) is 3. The second-order valence-corrected chi connectivity index (χ2v) is 7.55. The van der Waals surface area contributed by atoms with Gasteiger partial charge in [-0.3, -0.25) is 14.2 Å². The summed E-state index contributed by atoms with van der Waals surface area (Å²) in [5.41, 5.74) is 0.423. The first-order chi connectivity index (χ1) is 13.6. The quantitative estimate of drug-likeness (QED) is 0.755. The van der Waals surface area contributed by atoms with Crippen LogP contribution < -0.4 is 20.3 Å². The van der Waals surface area contributed by atoms with E-state index in [9.17, 15) is 9.59 Å². The summed E-state index contributed by atoms with van der Waals surface area (Å²) in [5.74, 6) is 2.42. The lowest BCUT2D eigenvalue weighted by Gasteiger charge is -2.17. The number of amides is 1. The molecule has 158 valence electrons. The Morgan fingerprint density at radius 3 is 2.48 bits per heavy atom. The monoisotopic (exact) mass is 422 g/mol. The highest BCUT2D eigenvalue weighted by atomic mass is 35.5. The molecular weight excluding hydrogens is 396 g/mol. The van der Waals surface area contributed by atoms with Gasteiger partial charge < -0.3 is 19.7 Å². The van der Waals surface area contributed by atoms with Gasteiger partial charge >= 0.3 is 0 Å². The third kappa shape index (κ3) is 4.18. The van der Waals surface area contributed by atoms with Gasteiger partial charge in [0.15, 0.2) is 11.5 Å². The number of aryl methyl sites for hydroxylation is 1. The predicted molar refractivity (Wildman–Crippen MR) is 112 cm³/mol. The molecule has 4 rings (SSSR count). The van der Waals surface area contributed by atoms with E-state index in [0.717, 1.165) is 26.2 Å². The minimum Gasteiger partial charge on any atom is -0.493 e. The molecule has 2 fully saturated rings. The van der Waals surface area contributed by atoms with Gasteiger partial charge in [-0.25, -0.2) is 4.98 Å². The summed E-state index contributed by atoms with van der Waals surface area (Å²) in [7, 11) is 3.08. The third-order valence-corrected chi connectivity index (χ3v) is 5.86. The van der Waals surface area contributed by atoms with Gasteiger partial charge in [0, 0.05) is 45.2 Å². The molecule has 9 heteroatoms. The standard InChI is InChI=1S/C20H26N4O4.ClH/c1-27-17-6-15-16(7-18(17)28-2)22-12-23(20(15)26)5-3-4-19(25)24-10-13-8-21-9-14(13)11-24;/h6-7,12-14,21H,3-5,8-11H2,1-2H3;1H/t13-,14+;. The lowest BCUT2D eigenvalue weighted by molar-refractivity contribution is -0.130. The second-order valence-electron chi connectivity index (χ2n) is 7.55. The number of rotatable bonds is 6. The number of nitrogens with one attached hydrogen (secondary N) is 1. The zero-order valence-electron chi connectivity index (χ0n) is 16.7. The van der Waals surface area contributed by atoms with E-state index in [1.54, 1.807) is 23.8 Å². The van der Waals surface area contributed by atoms with E-state index in [0.29, 0.717) is 53.6 Å². The Balaban J connectivity index is 0.00000240. The molecule has 2 atom stereocenters. The molecule has 1 N–H and O–H groups in total. The number of carbonyl (C=O) groups is 1. The molecule has 3 heterocycles. The average molecular weight is 423 g/mol. The number of aromatic nitrogens is 2. The van der Waals surface area contributed by atoms with Gasteiger partial charge in [0.25, 0.3) is 5.56 Å². The number of halogens is 1. The molecule has 0 aliphatic carbocycles. The molecule has 0 radical (unpaired) electrons. The Kier molecular flexibility index (Phi) is 6.64. The van der Waals surface area contributed by atoms with Crippen LogP contribution in [0.3, 0.4) is 0 Å². The average Bonchev–Trinajstić information content (AvgIpc) is 3.31. The van der Waals surface area contributed by atoms with E-state index < -0.39 is 0 Å². The number of benzene rings is 1. The molecule has 0 spiro atoms. The maximum atomic E-state index is 12.8. The van der Waals surface area contributed by atoms with Crippen LogP contribution in [0.2, 0.25) is 0 Å².